The molecule has 0 bridgehead atoms. The zero-order valence-electron chi connectivity index (χ0n) is 7.55. The van der Waals surface area contributed by atoms with Gasteiger partial charge in [0, 0.05) is 24.5 Å². The second-order valence-corrected chi connectivity index (χ2v) is 2.90. The minimum absolute atomic E-state index is 0.464. The van der Waals surface area contributed by atoms with Gasteiger partial charge in [-0.1, -0.05) is 6.07 Å². The molecule has 0 fully saturated rings. The lowest BCUT2D eigenvalue weighted by Gasteiger charge is -1.97. The number of fused-ring (bicyclic) bond motifs is 1. The normalized spacial score (nSPS) is 10.0. The fourth-order valence-electron chi connectivity index (χ4n) is 1.39. The lowest BCUT2D eigenvalue weighted by Crippen LogP contribution is -1.94. The third-order valence-corrected chi connectivity index (χ3v) is 2.04. The molecule has 0 unspecified atom stereocenters. The van der Waals surface area contributed by atoms with Crippen molar-refractivity contribution in [1.29, 1.82) is 0 Å². The van der Waals surface area contributed by atoms with Crippen LogP contribution in [0.25, 0.3) is 5.65 Å². The van der Waals surface area contributed by atoms with Crippen LogP contribution in [-0.2, 0) is 11.2 Å². The Morgan fingerprint density at radius 3 is 3.29 bits per heavy atom. The van der Waals surface area contributed by atoms with Crippen LogP contribution in [0.4, 0.5) is 0 Å². The van der Waals surface area contributed by atoms with Crippen LogP contribution in [0.5, 0.6) is 0 Å². The van der Waals surface area contributed by atoms with E-state index in [9.17, 15) is 4.79 Å². The molecular formula is C10H9N3O. The Kier molecular flexibility index (Phi) is 2.38. The molecule has 0 aromatic carbocycles. The van der Waals surface area contributed by atoms with Crippen LogP contribution in [-0.4, -0.2) is 22.0 Å². The number of pyridine rings is 1. The number of rotatable bonds is 3. The Labute approximate surface area is 80.9 Å². The van der Waals surface area contributed by atoms with E-state index in [1.807, 2.05) is 28.8 Å². The molecule has 14 heavy (non-hydrogen) atoms. The van der Waals surface area contributed by atoms with Gasteiger partial charge in [-0.05, 0) is 12.1 Å². The highest BCUT2D eigenvalue weighted by Gasteiger charge is 2.00. The van der Waals surface area contributed by atoms with Crippen LogP contribution in [0.15, 0.2) is 35.6 Å². The SMILES string of the molecule is O=C=NCCc1cnc2ccccn12. The van der Waals surface area contributed by atoms with Gasteiger partial charge in [0.05, 0.1) is 6.54 Å². The fourth-order valence-corrected chi connectivity index (χ4v) is 1.39. The minimum Gasteiger partial charge on any atom is -0.304 e. The van der Waals surface area contributed by atoms with Gasteiger partial charge in [-0.2, -0.15) is 0 Å². The summed E-state index contributed by atoms with van der Waals surface area (Å²) in [5, 5.41) is 0. The summed E-state index contributed by atoms with van der Waals surface area (Å²) in [5.74, 6) is 0. The molecule has 0 N–H and O–H groups in total. The quantitative estimate of drug-likeness (QED) is 0.535. The molecule has 70 valence electrons. The molecule has 0 saturated heterocycles. The molecule has 2 heterocycles. The van der Waals surface area contributed by atoms with Crippen molar-refractivity contribution in [3.8, 4) is 0 Å². The van der Waals surface area contributed by atoms with Gasteiger partial charge in [0.2, 0.25) is 6.08 Å². The lowest BCUT2D eigenvalue weighted by molar-refractivity contribution is 0.563. The standard InChI is InChI=1S/C10H9N3O/c14-8-11-5-4-9-7-12-10-3-1-2-6-13(9)10/h1-3,6-7H,4-5H2. The van der Waals surface area contributed by atoms with Crippen LogP contribution < -0.4 is 0 Å². The number of isocyanates is 1. The zero-order valence-corrected chi connectivity index (χ0v) is 7.55. The predicted octanol–water partition coefficient (Wildman–Crippen LogP) is 1.21. The number of hydrogen-bond donors (Lipinski definition) is 0. The summed E-state index contributed by atoms with van der Waals surface area (Å²) in [4.78, 5) is 17.6. The maximum Gasteiger partial charge on any atom is 0.234 e. The van der Waals surface area contributed by atoms with E-state index in [0.29, 0.717) is 13.0 Å². The van der Waals surface area contributed by atoms with E-state index in [-0.39, 0.29) is 0 Å². The fraction of sp³-hybridized carbons (Fsp3) is 0.200. The highest BCUT2D eigenvalue weighted by molar-refractivity contribution is 5.40. The molecule has 2 aromatic heterocycles. The van der Waals surface area contributed by atoms with E-state index in [4.69, 9.17) is 0 Å². The maximum atomic E-state index is 9.88. The smallest absolute Gasteiger partial charge is 0.234 e. The van der Waals surface area contributed by atoms with Crippen LogP contribution in [0.2, 0.25) is 0 Å². The van der Waals surface area contributed by atoms with Crippen molar-refractivity contribution in [2.45, 2.75) is 6.42 Å². The number of hydrogen-bond acceptors (Lipinski definition) is 3. The van der Waals surface area contributed by atoms with Crippen LogP contribution in [0.3, 0.4) is 0 Å². The molecule has 4 nitrogen and oxygen atoms in total. The first-order chi connectivity index (χ1) is 6.92. The predicted molar refractivity (Wildman–Crippen MR) is 51.9 cm³/mol. The van der Waals surface area contributed by atoms with E-state index < -0.39 is 0 Å². The minimum atomic E-state index is 0.464. The summed E-state index contributed by atoms with van der Waals surface area (Å²) in [6, 6.07) is 5.82. The average Bonchev–Trinajstić information content (AvgIpc) is 2.63. The Morgan fingerprint density at radius 2 is 2.43 bits per heavy atom. The molecule has 0 aliphatic carbocycles. The van der Waals surface area contributed by atoms with E-state index in [0.717, 1.165) is 11.3 Å². The number of aromatic nitrogens is 2. The average molecular weight is 187 g/mol. The monoisotopic (exact) mass is 187 g/mol. The van der Waals surface area contributed by atoms with Gasteiger partial charge >= 0.3 is 0 Å². The summed E-state index contributed by atoms with van der Waals surface area (Å²) in [6.07, 6.45) is 5.98. The maximum absolute atomic E-state index is 9.88. The first-order valence-electron chi connectivity index (χ1n) is 4.36. The number of carbonyl (C=O) groups excluding carboxylic acids is 1. The molecule has 2 rings (SSSR count). The van der Waals surface area contributed by atoms with Gasteiger partial charge in [0.15, 0.2) is 0 Å². The van der Waals surface area contributed by atoms with Crippen molar-refractivity contribution in [1.82, 2.24) is 9.38 Å². The summed E-state index contributed by atoms with van der Waals surface area (Å²) < 4.78 is 1.99. The highest BCUT2D eigenvalue weighted by Crippen LogP contribution is 2.06. The first kappa shape index (κ1) is 8.66. The van der Waals surface area contributed by atoms with E-state index >= 15 is 0 Å². The summed E-state index contributed by atoms with van der Waals surface area (Å²) in [7, 11) is 0. The van der Waals surface area contributed by atoms with Crippen molar-refractivity contribution < 1.29 is 4.79 Å². The molecular weight excluding hydrogens is 178 g/mol. The largest absolute Gasteiger partial charge is 0.304 e. The highest BCUT2D eigenvalue weighted by atomic mass is 16.1. The van der Waals surface area contributed by atoms with Gasteiger partial charge < -0.3 is 4.40 Å². The zero-order chi connectivity index (χ0) is 9.80. The third-order valence-electron chi connectivity index (χ3n) is 2.04. The number of imidazole rings is 1. The Balaban J connectivity index is 2.29. The van der Waals surface area contributed by atoms with Crippen molar-refractivity contribution >= 4 is 11.7 Å². The van der Waals surface area contributed by atoms with Crippen molar-refractivity contribution in [2.75, 3.05) is 6.54 Å². The number of aliphatic imine (C=N–C) groups is 1. The topological polar surface area (TPSA) is 46.7 Å². The molecule has 4 heteroatoms. The molecule has 2 aromatic rings. The van der Waals surface area contributed by atoms with Gasteiger partial charge in [0.25, 0.3) is 0 Å². The molecule has 0 atom stereocenters. The molecule has 0 spiro atoms. The third kappa shape index (κ3) is 1.56. The van der Waals surface area contributed by atoms with Crippen LogP contribution in [0, 0.1) is 0 Å². The Morgan fingerprint density at radius 1 is 1.50 bits per heavy atom. The van der Waals surface area contributed by atoms with Crippen LogP contribution in [0.1, 0.15) is 5.69 Å². The van der Waals surface area contributed by atoms with Crippen molar-refractivity contribution in [3.63, 3.8) is 0 Å². The van der Waals surface area contributed by atoms with Crippen molar-refractivity contribution in [2.24, 2.45) is 4.99 Å². The molecule has 0 aliphatic heterocycles. The number of nitrogens with zero attached hydrogens (tertiary/aromatic N) is 3. The van der Waals surface area contributed by atoms with Gasteiger partial charge in [-0.15, -0.1) is 0 Å². The summed E-state index contributed by atoms with van der Waals surface area (Å²) in [5.41, 5.74) is 1.97. The van der Waals surface area contributed by atoms with Gasteiger partial charge in [-0.25, -0.2) is 14.8 Å². The Bertz CT molecular complexity index is 483. The second kappa shape index (κ2) is 3.85. The summed E-state index contributed by atoms with van der Waals surface area (Å²) >= 11 is 0. The van der Waals surface area contributed by atoms with Crippen LogP contribution >= 0.6 is 0 Å². The molecule has 0 aliphatic rings. The van der Waals surface area contributed by atoms with E-state index in [2.05, 4.69) is 9.98 Å². The van der Waals surface area contributed by atoms with Gasteiger partial charge in [-0.3, -0.25) is 0 Å². The van der Waals surface area contributed by atoms with E-state index in [1.165, 1.54) is 6.08 Å². The second-order valence-electron chi connectivity index (χ2n) is 2.90. The first-order valence-corrected chi connectivity index (χ1v) is 4.36. The Hall–Kier alpha value is -1.93. The molecule has 0 radical (unpaired) electrons. The van der Waals surface area contributed by atoms with Gasteiger partial charge in [0.1, 0.15) is 5.65 Å². The summed E-state index contributed by atoms with van der Waals surface area (Å²) in [6.45, 7) is 0.464. The van der Waals surface area contributed by atoms with Crippen molar-refractivity contribution in [3.05, 3.63) is 36.3 Å². The van der Waals surface area contributed by atoms with E-state index in [1.54, 1.807) is 6.20 Å². The lowest BCUT2D eigenvalue weighted by atomic mass is 10.3. The molecule has 0 saturated carbocycles. The molecule has 0 amide bonds.